The number of benzene rings is 1. The topological polar surface area (TPSA) is 72.8 Å². The molecule has 25 heavy (non-hydrogen) atoms. The summed E-state index contributed by atoms with van der Waals surface area (Å²) in [5.74, 6) is -7.20. The largest absolute Gasteiger partial charge is 0.493 e. The molecular formula is C15H11F4N3O3. The number of hydrogen-bond acceptors (Lipinski definition) is 6. The second kappa shape index (κ2) is 7.60. The minimum Gasteiger partial charge on any atom is -0.493 e. The minimum atomic E-state index is -1.80. The fourth-order valence-corrected chi connectivity index (χ4v) is 1.76. The van der Waals surface area contributed by atoms with Crippen LogP contribution < -0.4 is 14.9 Å². The third kappa shape index (κ3) is 4.22. The lowest BCUT2D eigenvalue weighted by Gasteiger charge is -2.08. The summed E-state index contributed by atoms with van der Waals surface area (Å²) in [6.07, 6.45) is 1.11. The Morgan fingerprint density at radius 3 is 2.36 bits per heavy atom. The van der Waals surface area contributed by atoms with E-state index >= 15 is 0 Å². The van der Waals surface area contributed by atoms with Crippen LogP contribution in [-0.2, 0) is 4.79 Å². The number of halogens is 4. The maximum absolute atomic E-state index is 13.4. The van der Waals surface area contributed by atoms with E-state index in [9.17, 15) is 22.4 Å². The predicted molar refractivity (Wildman–Crippen MR) is 79.6 cm³/mol. The van der Waals surface area contributed by atoms with E-state index in [1.165, 1.54) is 32.2 Å². The summed E-state index contributed by atoms with van der Waals surface area (Å²) in [6.45, 7) is 1.22. The van der Waals surface area contributed by atoms with Gasteiger partial charge in [0.15, 0.2) is 11.5 Å². The van der Waals surface area contributed by atoms with Gasteiger partial charge in [0.25, 0.3) is 11.9 Å². The highest BCUT2D eigenvalue weighted by Crippen LogP contribution is 2.28. The van der Waals surface area contributed by atoms with Crippen molar-refractivity contribution in [2.75, 3.05) is 12.5 Å². The number of hydrogen-bond donors (Lipinski definition) is 1. The van der Waals surface area contributed by atoms with Crippen molar-refractivity contribution in [3.63, 3.8) is 0 Å². The lowest BCUT2D eigenvalue weighted by Crippen LogP contribution is -2.06. The first-order chi connectivity index (χ1) is 11.8. The van der Waals surface area contributed by atoms with E-state index in [1.807, 2.05) is 5.43 Å². The molecule has 1 N–H and O–H groups in total. The van der Waals surface area contributed by atoms with Crippen molar-refractivity contribution in [1.29, 1.82) is 0 Å². The van der Waals surface area contributed by atoms with E-state index in [0.29, 0.717) is 5.56 Å². The second-order valence-electron chi connectivity index (χ2n) is 4.57. The zero-order valence-corrected chi connectivity index (χ0v) is 12.9. The average molecular weight is 357 g/mol. The fraction of sp³-hybridized carbons (Fsp3) is 0.133. The second-order valence-corrected chi connectivity index (χ2v) is 4.57. The number of hydrazone groups is 1. The van der Waals surface area contributed by atoms with Gasteiger partial charge < -0.3 is 9.47 Å². The first-order valence-corrected chi connectivity index (χ1v) is 6.69. The first kappa shape index (κ1) is 18.2. The predicted octanol–water partition coefficient (Wildman–Crippen LogP) is 3.02. The van der Waals surface area contributed by atoms with Gasteiger partial charge in [-0.3, -0.25) is 10.2 Å². The zero-order chi connectivity index (χ0) is 18.6. The van der Waals surface area contributed by atoms with Crippen molar-refractivity contribution in [1.82, 2.24) is 4.98 Å². The Balaban J connectivity index is 2.22. The molecule has 132 valence electrons. The highest BCUT2D eigenvalue weighted by atomic mass is 19.2. The molecule has 0 radical (unpaired) electrons. The molecule has 10 heteroatoms. The van der Waals surface area contributed by atoms with Crippen LogP contribution in [0, 0.1) is 23.5 Å². The summed E-state index contributed by atoms with van der Waals surface area (Å²) < 4.78 is 62.7. The number of anilines is 1. The zero-order valence-electron chi connectivity index (χ0n) is 12.9. The van der Waals surface area contributed by atoms with Gasteiger partial charge in [0, 0.05) is 6.92 Å². The number of methoxy groups -OCH3 is 1. The number of nitrogens with zero attached hydrogens (tertiary/aromatic N) is 2. The number of pyridine rings is 1. The Bertz CT molecular complexity index is 817. The van der Waals surface area contributed by atoms with Gasteiger partial charge in [-0.1, -0.05) is 0 Å². The van der Waals surface area contributed by atoms with Gasteiger partial charge in [-0.2, -0.15) is 27.6 Å². The van der Waals surface area contributed by atoms with Crippen LogP contribution in [0.5, 0.6) is 11.5 Å². The van der Waals surface area contributed by atoms with Crippen LogP contribution in [0.3, 0.4) is 0 Å². The normalized spacial score (nSPS) is 10.8. The Kier molecular flexibility index (Phi) is 5.52. The third-order valence-electron chi connectivity index (χ3n) is 2.83. The van der Waals surface area contributed by atoms with Crippen molar-refractivity contribution in [3.8, 4) is 11.5 Å². The van der Waals surface area contributed by atoms with E-state index in [4.69, 9.17) is 9.47 Å². The Morgan fingerprint density at radius 1 is 1.16 bits per heavy atom. The Hall–Kier alpha value is -3.17. The minimum absolute atomic E-state index is 0.162. The third-order valence-corrected chi connectivity index (χ3v) is 2.83. The molecule has 6 nitrogen and oxygen atoms in total. The van der Waals surface area contributed by atoms with Gasteiger partial charge >= 0.3 is 5.97 Å². The van der Waals surface area contributed by atoms with E-state index in [2.05, 4.69) is 10.1 Å². The molecule has 0 saturated carbocycles. The van der Waals surface area contributed by atoms with Crippen molar-refractivity contribution in [2.45, 2.75) is 6.92 Å². The molecule has 1 aromatic carbocycles. The quantitative estimate of drug-likeness (QED) is 0.222. The number of esters is 1. The van der Waals surface area contributed by atoms with Crippen molar-refractivity contribution < 1.29 is 31.8 Å². The van der Waals surface area contributed by atoms with E-state index < -0.39 is 35.2 Å². The molecule has 1 heterocycles. The van der Waals surface area contributed by atoms with Crippen molar-refractivity contribution in [3.05, 3.63) is 47.3 Å². The average Bonchev–Trinajstić information content (AvgIpc) is 2.56. The Labute approximate surface area is 139 Å². The molecule has 0 unspecified atom stereocenters. The molecule has 2 aromatic rings. The first-order valence-electron chi connectivity index (χ1n) is 6.69. The van der Waals surface area contributed by atoms with Crippen LogP contribution in [0.25, 0.3) is 0 Å². The Morgan fingerprint density at radius 2 is 1.80 bits per heavy atom. The molecule has 0 fully saturated rings. The van der Waals surface area contributed by atoms with E-state index in [0.717, 1.165) is 6.21 Å². The van der Waals surface area contributed by atoms with Crippen LogP contribution in [0.1, 0.15) is 12.5 Å². The molecule has 0 atom stereocenters. The van der Waals surface area contributed by atoms with Crippen LogP contribution in [0.15, 0.2) is 23.3 Å². The van der Waals surface area contributed by atoms with Gasteiger partial charge in [-0.05, 0) is 23.8 Å². The number of carbonyl (C=O) groups is 1. The fourth-order valence-electron chi connectivity index (χ4n) is 1.76. The number of carbonyl (C=O) groups excluding carboxylic acids is 1. The van der Waals surface area contributed by atoms with Crippen molar-refractivity contribution >= 4 is 17.9 Å². The number of aromatic nitrogens is 1. The molecule has 2 rings (SSSR count). The lowest BCUT2D eigenvalue weighted by atomic mass is 10.2. The number of rotatable bonds is 5. The maximum Gasteiger partial charge on any atom is 0.308 e. The standard InChI is InChI=1S/C15H11F4N3O3/c1-7(23)25-9-4-3-8(5-10(9)24-2)6-20-22-13-11(16)14(18)21-15(19)12(13)17/h3-6H,1-2H3,(H,21,22)/b20-6-. The summed E-state index contributed by atoms with van der Waals surface area (Å²) in [5, 5.41) is 3.50. The summed E-state index contributed by atoms with van der Waals surface area (Å²) in [5.41, 5.74) is 1.13. The molecule has 1 aromatic heterocycles. The van der Waals surface area contributed by atoms with E-state index in [1.54, 1.807) is 0 Å². The summed E-state index contributed by atoms with van der Waals surface area (Å²) in [7, 11) is 1.34. The van der Waals surface area contributed by atoms with Crippen LogP contribution in [-0.4, -0.2) is 24.3 Å². The molecule has 0 aliphatic rings. The number of nitrogens with one attached hydrogen (secondary N) is 1. The highest BCUT2D eigenvalue weighted by Gasteiger charge is 2.20. The molecule has 0 bridgehead atoms. The summed E-state index contributed by atoms with van der Waals surface area (Å²) in [4.78, 5) is 13.4. The van der Waals surface area contributed by atoms with Gasteiger partial charge in [0.2, 0.25) is 11.6 Å². The monoisotopic (exact) mass is 357 g/mol. The molecular weight excluding hydrogens is 346 g/mol. The lowest BCUT2D eigenvalue weighted by molar-refractivity contribution is -0.132. The smallest absolute Gasteiger partial charge is 0.308 e. The molecule has 0 amide bonds. The van der Waals surface area contributed by atoms with Crippen LogP contribution in [0.4, 0.5) is 23.2 Å². The van der Waals surface area contributed by atoms with Crippen LogP contribution in [0.2, 0.25) is 0 Å². The SMILES string of the molecule is COc1cc(/C=N\Nc2c(F)c(F)nc(F)c2F)ccc1OC(C)=O. The van der Waals surface area contributed by atoms with Crippen molar-refractivity contribution in [2.24, 2.45) is 5.10 Å². The van der Waals surface area contributed by atoms with Gasteiger partial charge in [0.05, 0.1) is 13.3 Å². The molecule has 0 saturated heterocycles. The maximum atomic E-state index is 13.4. The van der Waals surface area contributed by atoms with Gasteiger partial charge in [-0.25, -0.2) is 0 Å². The summed E-state index contributed by atoms with van der Waals surface area (Å²) >= 11 is 0. The molecule has 0 aliphatic carbocycles. The van der Waals surface area contributed by atoms with Gasteiger partial charge in [0.1, 0.15) is 5.69 Å². The highest BCUT2D eigenvalue weighted by molar-refractivity contribution is 5.82. The number of ether oxygens (including phenoxy) is 2. The van der Waals surface area contributed by atoms with Gasteiger partial charge in [-0.15, -0.1) is 0 Å². The summed E-state index contributed by atoms with van der Waals surface area (Å²) in [6, 6.07) is 4.30. The molecule has 0 aliphatic heterocycles. The van der Waals surface area contributed by atoms with Crippen LogP contribution >= 0.6 is 0 Å². The van der Waals surface area contributed by atoms with E-state index in [-0.39, 0.29) is 11.5 Å². The molecule has 0 spiro atoms.